The van der Waals surface area contributed by atoms with Crippen LogP contribution in [0.3, 0.4) is 0 Å². The first-order valence-electron chi connectivity index (χ1n) is 9.67. The fourth-order valence-electron chi connectivity index (χ4n) is 2.65. The van der Waals surface area contributed by atoms with E-state index in [2.05, 4.69) is 55.2 Å². The minimum atomic E-state index is 0.803. The summed E-state index contributed by atoms with van der Waals surface area (Å²) in [5, 5.41) is 0. The van der Waals surface area contributed by atoms with Crippen molar-refractivity contribution in [2.24, 2.45) is 4.99 Å². The summed E-state index contributed by atoms with van der Waals surface area (Å²) in [5.41, 5.74) is 3.48. The molecule has 0 aliphatic heterocycles. The molecule has 0 aliphatic rings. The maximum Gasteiger partial charge on any atom is 0.119 e. The second-order valence-corrected chi connectivity index (χ2v) is 6.51. The number of nitrogens with zero attached hydrogens (tertiary/aromatic N) is 1. The van der Waals surface area contributed by atoms with Gasteiger partial charge in [-0.2, -0.15) is 0 Å². The Balaban J connectivity index is 1.80. The lowest BCUT2D eigenvalue weighted by molar-refractivity contribution is 0.305. The predicted octanol–water partition coefficient (Wildman–Crippen LogP) is 6.74. The maximum atomic E-state index is 5.77. The zero-order valence-electron chi connectivity index (χ0n) is 15.7. The fraction of sp³-hybridized carbons (Fsp3) is 0.435. The molecular weight excluding hydrogens is 306 g/mol. The van der Waals surface area contributed by atoms with Gasteiger partial charge >= 0.3 is 0 Å². The molecule has 0 bridgehead atoms. The topological polar surface area (TPSA) is 21.6 Å². The first kappa shape index (κ1) is 19.2. The number of aryl methyl sites for hydroxylation is 1. The van der Waals surface area contributed by atoms with Gasteiger partial charge in [0.25, 0.3) is 0 Å². The zero-order valence-corrected chi connectivity index (χ0v) is 15.7. The van der Waals surface area contributed by atoms with E-state index >= 15 is 0 Å². The molecule has 0 unspecified atom stereocenters. The van der Waals surface area contributed by atoms with Gasteiger partial charge < -0.3 is 4.74 Å². The van der Waals surface area contributed by atoms with E-state index in [9.17, 15) is 0 Å². The third-order valence-electron chi connectivity index (χ3n) is 4.26. The van der Waals surface area contributed by atoms with E-state index in [-0.39, 0.29) is 0 Å². The zero-order chi connectivity index (χ0) is 17.7. The van der Waals surface area contributed by atoms with Crippen molar-refractivity contribution in [3.05, 3.63) is 59.7 Å². The lowest BCUT2D eigenvalue weighted by Gasteiger charge is -2.06. The maximum absolute atomic E-state index is 5.77. The Bertz CT molecular complexity index is 614. The highest BCUT2D eigenvalue weighted by atomic mass is 16.5. The van der Waals surface area contributed by atoms with Crippen LogP contribution in [0.2, 0.25) is 0 Å². The molecule has 0 radical (unpaired) electrons. The van der Waals surface area contributed by atoms with Crippen molar-refractivity contribution >= 4 is 11.9 Å². The molecule has 2 aromatic rings. The van der Waals surface area contributed by atoms with Crippen LogP contribution < -0.4 is 4.74 Å². The van der Waals surface area contributed by atoms with E-state index in [1.807, 2.05) is 18.3 Å². The summed E-state index contributed by atoms with van der Waals surface area (Å²) in [6, 6.07) is 16.7. The molecular formula is C23H31NO. The van der Waals surface area contributed by atoms with Crippen molar-refractivity contribution in [2.75, 3.05) is 6.61 Å². The summed E-state index contributed by atoms with van der Waals surface area (Å²) in [5.74, 6) is 0.939. The molecule has 2 rings (SSSR count). The minimum absolute atomic E-state index is 0.803. The van der Waals surface area contributed by atoms with Crippen molar-refractivity contribution in [1.82, 2.24) is 0 Å². The average Bonchev–Trinajstić information content (AvgIpc) is 2.66. The van der Waals surface area contributed by atoms with Gasteiger partial charge in [0.2, 0.25) is 0 Å². The van der Waals surface area contributed by atoms with Crippen LogP contribution in [0.4, 0.5) is 5.69 Å². The van der Waals surface area contributed by atoms with Gasteiger partial charge in [0.05, 0.1) is 12.3 Å². The number of rotatable bonds is 11. The summed E-state index contributed by atoms with van der Waals surface area (Å²) in [7, 11) is 0. The van der Waals surface area contributed by atoms with Crippen molar-refractivity contribution in [1.29, 1.82) is 0 Å². The summed E-state index contributed by atoms with van der Waals surface area (Å²) in [6.45, 7) is 5.25. The molecule has 0 heterocycles. The highest BCUT2D eigenvalue weighted by Gasteiger charge is 1.96. The van der Waals surface area contributed by atoms with Crippen LogP contribution in [-0.4, -0.2) is 12.8 Å². The number of benzene rings is 2. The lowest BCUT2D eigenvalue weighted by Crippen LogP contribution is -1.97. The molecule has 0 saturated carbocycles. The molecule has 2 nitrogen and oxygen atoms in total. The highest BCUT2D eigenvalue weighted by Crippen LogP contribution is 2.16. The lowest BCUT2D eigenvalue weighted by atomic mass is 10.1. The Kier molecular flexibility index (Phi) is 8.82. The van der Waals surface area contributed by atoms with E-state index in [0.29, 0.717) is 0 Å². The Labute approximate surface area is 153 Å². The van der Waals surface area contributed by atoms with Crippen molar-refractivity contribution in [3.63, 3.8) is 0 Å². The summed E-state index contributed by atoms with van der Waals surface area (Å²) in [6.07, 6.45) is 10.5. The number of aliphatic imine (C=N–C) groups is 1. The molecule has 25 heavy (non-hydrogen) atoms. The van der Waals surface area contributed by atoms with Crippen molar-refractivity contribution in [2.45, 2.75) is 58.8 Å². The SMILES string of the molecule is CCCCCCOc1ccc(C=Nc2ccc(CCCC)cc2)cc1. The molecule has 0 aliphatic carbocycles. The van der Waals surface area contributed by atoms with E-state index in [4.69, 9.17) is 4.74 Å². The molecule has 0 aromatic heterocycles. The molecule has 0 spiro atoms. The Morgan fingerprint density at radius 2 is 1.52 bits per heavy atom. The van der Waals surface area contributed by atoms with Gasteiger partial charge in [-0.05, 0) is 66.8 Å². The van der Waals surface area contributed by atoms with Crippen molar-refractivity contribution < 1.29 is 4.74 Å². The summed E-state index contributed by atoms with van der Waals surface area (Å²) < 4.78 is 5.77. The molecule has 0 fully saturated rings. The number of hydrogen-bond donors (Lipinski definition) is 0. The quantitative estimate of drug-likeness (QED) is 0.329. The van der Waals surface area contributed by atoms with Gasteiger partial charge in [0, 0.05) is 6.21 Å². The van der Waals surface area contributed by atoms with E-state index < -0.39 is 0 Å². The van der Waals surface area contributed by atoms with E-state index in [1.54, 1.807) is 0 Å². The Morgan fingerprint density at radius 3 is 2.20 bits per heavy atom. The van der Waals surface area contributed by atoms with Crippen LogP contribution in [0.25, 0.3) is 0 Å². The van der Waals surface area contributed by atoms with Crippen molar-refractivity contribution in [3.8, 4) is 5.75 Å². The second-order valence-electron chi connectivity index (χ2n) is 6.51. The predicted molar refractivity (Wildman–Crippen MR) is 108 cm³/mol. The first-order chi connectivity index (χ1) is 12.3. The van der Waals surface area contributed by atoms with Crippen LogP contribution in [0.15, 0.2) is 53.5 Å². The largest absolute Gasteiger partial charge is 0.494 e. The van der Waals surface area contributed by atoms with E-state index in [1.165, 1.54) is 37.7 Å². The monoisotopic (exact) mass is 337 g/mol. The summed E-state index contributed by atoms with van der Waals surface area (Å²) in [4.78, 5) is 4.56. The third-order valence-corrected chi connectivity index (χ3v) is 4.26. The Hall–Kier alpha value is -2.09. The van der Waals surface area contributed by atoms with Crippen LogP contribution in [0.5, 0.6) is 5.75 Å². The third kappa shape index (κ3) is 7.55. The number of unbranched alkanes of at least 4 members (excludes halogenated alkanes) is 4. The molecule has 0 saturated heterocycles. The molecule has 2 heteroatoms. The number of ether oxygens (including phenoxy) is 1. The average molecular weight is 338 g/mol. The molecule has 134 valence electrons. The van der Waals surface area contributed by atoms with Crippen LogP contribution in [0.1, 0.15) is 63.5 Å². The summed E-state index contributed by atoms with van der Waals surface area (Å²) >= 11 is 0. The van der Waals surface area contributed by atoms with E-state index in [0.717, 1.165) is 36.4 Å². The molecule has 0 atom stereocenters. The van der Waals surface area contributed by atoms with Crippen LogP contribution >= 0.6 is 0 Å². The molecule has 2 aromatic carbocycles. The smallest absolute Gasteiger partial charge is 0.119 e. The first-order valence-corrected chi connectivity index (χ1v) is 9.67. The molecule has 0 N–H and O–H groups in total. The van der Waals surface area contributed by atoms with Gasteiger partial charge in [-0.25, -0.2) is 0 Å². The fourth-order valence-corrected chi connectivity index (χ4v) is 2.65. The van der Waals surface area contributed by atoms with Gasteiger partial charge in [0.1, 0.15) is 5.75 Å². The Morgan fingerprint density at radius 1 is 0.800 bits per heavy atom. The minimum Gasteiger partial charge on any atom is -0.494 e. The normalized spacial score (nSPS) is 11.1. The van der Waals surface area contributed by atoms with Crippen LogP contribution in [-0.2, 0) is 6.42 Å². The van der Waals surface area contributed by atoms with Gasteiger partial charge in [-0.15, -0.1) is 0 Å². The van der Waals surface area contributed by atoms with Gasteiger partial charge in [0.15, 0.2) is 0 Å². The number of hydrogen-bond acceptors (Lipinski definition) is 2. The van der Waals surface area contributed by atoms with Crippen LogP contribution in [0, 0.1) is 0 Å². The van der Waals surface area contributed by atoms with Gasteiger partial charge in [-0.3, -0.25) is 4.99 Å². The molecule has 0 amide bonds. The highest BCUT2D eigenvalue weighted by molar-refractivity contribution is 5.82. The second kappa shape index (κ2) is 11.5. The van der Waals surface area contributed by atoms with Gasteiger partial charge in [-0.1, -0.05) is 51.7 Å². The standard InChI is InChI=1S/C23H31NO/c1-3-5-7-8-18-25-23-16-12-21(13-17-23)19-24-22-14-10-20(11-15-22)9-6-4-2/h10-17,19H,3-9,18H2,1-2H3.